The van der Waals surface area contributed by atoms with Crippen molar-refractivity contribution in [1.29, 1.82) is 0 Å². The lowest BCUT2D eigenvalue weighted by Crippen LogP contribution is -2.36. The van der Waals surface area contributed by atoms with E-state index in [4.69, 9.17) is 4.74 Å². The molecule has 0 spiro atoms. The van der Waals surface area contributed by atoms with E-state index in [2.05, 4.69) is 31.0 Å². The zero-order valence-corrected chi connectivity index (χ0v) is 11.9. The molecule has 1 aromatic carbocycles. The largest absolute Gasteiger partial charge is 0.384 e. The maximum atomic E-state index is 10.8. The second-order valence-electron chi connectivity index (χ2n) is 5.95. The van der Waals surface area contributed by atoms with E-state index >= 15 is 0 Å². The third-order valence-electron chi connectivity index (χ3n) is 4.10. The second kappa shape index (κ2) is 5.28. The first-order chi connectivity index (χ1) is 9.06. The van der Waals surface area contributed by atoms with Crippen molar-refractivity contribution < 1.29 is 9.53 Å². The fourth-order valence-corrected chi connectivity index (χ4v) is 2.96. The van der Waals surface area contributed by atoms with E-state index < -0.39 is 0 Å². The fraction of sp³-hybridized carbons (Fsp3) is 0.562. The molecule has 1 aromatic rings. The number of methoxy groups -OCH3 is 1. The minimum Gasteiger partial charge on any atom is -0.384 e. The summed E-state index contributed by atoms with van der Waals surface area (Å²) in [5.74, 6) is 0. The summed E-state index contributed by atoms with van der Waals surface area (Å²) >= 11 is 0. The molecule has 2 rings (SSSR count). The van der Waals surface area contributed by atoms with E-state index in [1.807, 2.05) is 12.1 Å². The summed E-state index contributed by atoms with van der Waals surface area (Å²) in [5, 5.41) is 0. The van der Waals surface area contributed by atoms with Gasteiger partial charge in [0, 0.05) is 12.5 Å². The molecule has 1 fully saturated rings. The predicted octanol–water partition coefficient (Wildman–Crippen LogP) is 3.33. The molecule has 1 saturated carbocycles. The van der Waals surface area contributed by atoms with Crippen molar-refractivity contribution in [2.24, 2.45) is 4.99 Å². The van der Waals surface area contributed by atoms with Crippen molar-refractivity contribution in [3.8, 4) is 0 Å². The molecule has 0 amide bonds. The Kier molecular flexibility index (Phi) is 3.88. The van der Waals surface area contributed by atoms with Gasteiger partial charge >= 0.3 is 0 Å². The van der Waals surface area contributed by atoms with E-state index in [0.29, 0.717) is 6.61 Å². The summed E-state index contributed by atoms with van der Waals surface area (Å²) in [4.78, 5) is 14.9. The molecule has 0 aromatic heterocycles. The number of nitrogens with zero attached hydrogens (tertiary/aromatic N) is 1. The molecule has 19 heavy (non-hydrogen) atoms. The SMILES string of the molecule is COCC(C)(C)c1ccccc1C1(N=C=O)CCC1. The molecule has 0 unspecified atom stereocenters. The van der Waals surface area contributed by atoms with Gasteiger partial charge in [0.15, 0.2) is 0 Å². The van der Waals surface area contributed by atoms with Crippen molar-refractivity contribution in [1.82, 2.24) is 0 Å². The van der Waals surface area contributed by atoms with Gasteiger partial charge in [0.1, 0.15) is 0 Å². The molecular formula is C16H21NO2. The van der Waals surface area contributed by atoms with Gasteiger partial charge < -0.3 is 4.74 Å². The minimum atomic E-state index is -0.344. The van der Waals surface area contributed by atoms with Crippen LogP contribution >= 0.6 is 0 Å². The molecule has 0 bridgehead atoms. The van der Waals surface area contributed by atoms with Gasteiger partial charge in [0.25, 0.3) is 0 Å². The number of hydrogen-bond acceptors (Lipinski definition) is 3. The van der Waals surface area contributed by atoms with Crippen molar-refractivity contribution in [2.75, 3.05) is 13.7 Å². The molecule has 3 nitrogen and oxygen atoms in total. The van der Waals surface area contributed by atoms with E-state index in [1.165, 1.54) is 5.56 Å². The molecule has 1 aliphatic rings. The molecule has 0 aliphatic heterocycles. The van der Waals surface area contributed by atoms with Crippen LogP contribution in [0.5, 0.6) is 0 Å². The van der Waals surface area contributed by atoms with E-state index in [9.17, 15) is 4.79 Å². The van der Waals surface area contributed by atoms with Gasteiger partial charge in [-0.25, -0.2) is 4.79 Å². The van der Waals surface area contributed by atoms with E-state index in [1.54, 1.807) is 13.2 Å². The summed E-state index contributed by atoms with van der Waals surface area (Å²) in [5.41, 5.74) is 1.94. The number of hydrogen-bond donors (Lipinski definition) is 0. The number of benzene rings is 1. The van der Waals surface area contributed by atoms with Gasteiger partial charge in [0.2, 0.25) is 6.08 Å². The van der Waals surface area contributed by atoms with Gasteiger partial charge in [-0.1, -0.05) is 38.1 Å². The predicted molar refractivity (Wildman–Crippen MR) is 75.0 cm³/mol. The monoisotopic (exact) mass is 259 g/mol. The quantitative estimate of drug-likeness (QED) is 0.601. The van der Waals surface area contributed by atoms with Crippen LogP contribution in [0.25, 0.3) is 0 Å². The van der Waals surface area contributed by atoms with Crippen LogP contribution in [0.15, 0.2) is 29.3 Å². The topological polar surface area (TPSA) is 38.7 Å². The van der Waals surface area contributed by atoms with E-state index in [-0.39, 0.29) is 11.0 Å². The molecular weight excluding hydrogens is 238 g/mol. The number of carbonyl (C=O) groups excluding carboxylic acids is 1. The molecule has 0 saturated heterocycles. The Morgan fingerprint density at radius 1 is 1.37 bits per heavy atom. The summed E-state index contributed by atoms with van der Waals surface area (Å²) in [7, 11) is 1.72. The van der Waals surface area contributed by atoms with Gasteiger partial charge in [-0.05, 0) is 30.4 Å². The van der Waals surface area contributed by atoms with Gasteiger partial charge in [-0.2, -0.15) is 4.99 Å². The zero-order chi connectivity index (χ0) is 13.9. The number of aliphatic imine (C=N–C) groups is 1. The number of ether oxygens (including phenoxy) is 1. The Hall–Kier alpha value is -1.44. The molecule has 0 N–H and O–H groups in total. The summed E-state index contributed by atoms with van der Waals surface area (Å²) in [6.45, 7) is 4.96. The first-order valence-electron chi connectivity index (χ1n) is 6.74. The van der Waals surface area contributed by atoms with Gasteiger partial charge in [0.05, 0.1) is 12.1 Å². The maximum Gasteiger partial charge on any atom is 0.235 e. The lowest BCUT2D eigenvalue weighted by molar-refractivity contribution is 0.144. The van der Waals surface area contributed by atoms with Crippen molar-refractivity contribution in [3.63, 3.8) is 0 Å². The van der Waals surface area contributed by atoms with Crippen LogP contribution < -0.4 is 0 Å². The highest BCUT2D eigenvalue weighted by Gasteiger charge is 2.42. The highest BCUT2D eigenvalue weighted by atomic mass is 16.5. The molecule has 0 heterocycles. The van der Waals surface area contributed by atoms with Crippen molar-refractivity contribution in [2.45, 2.75) is 44.1 Å². The van der Waals surface area contributed by atoms with Crippen LogP contribution in [0.2, 0.25) is 0 Å². The summed E-state index contributed by atoms with van der Waals surface area (Å²) < 4.78 is 5.33. The molecule has 0 radical (unpaired) electrons. The third kappa shape index (κ3) is 2.49. The second-order valence-corrected chi connectivity index (χ2v) is 5.95. The average Bonchev–Trinajstić information content (AvgIpc) is 2.34. The zero-order valence-electron chi connectivity index (χ0n) is 11.9. The highest BCUT2D eigenvalue weighted by molar-refractivity contribution is 5.44. The van der Waals surface area contributed by atoms with Crippen molar-refractivity contribution in [3.05, 3.63) is 35.4 Å². The summed E-state index contributed by atoms with van der Waals surface area (Å²) in [6.07, 6.45) is 4.74. The minimum absolute atomic E-state index is 0.0909. The Balaban J connectivity index is 2.50. The molecule has 3 heteroatoms. The number of isocyanates is 1. The lowest BCUT2D eigenvalue weighted by Gasteiger charge is -2.41. The molecule has 102 valence electrons. The Morgan fingerprint density at radius 2 is 2.05 bits per heavy atom. The highest BCUT2D eigenvalue weighted by Crippen LogP contribution is 2.47. The molecule has 0 atom stereocenters. The lowest BCUT2D eigenvalue weighted by atomic mass is 9.67. The van der Waals surface area contributed by atoms with Crippen LogP contribution in [0.3, 0.4) is 0 Å². The van der Waals surface area contributed by atoms with Crippen LogP contribution in [0.4, 0.5) is 0 Å². The van der Waals surface area contributed by atoms with Crippen LogP contribution in [-0.4, -0.2) is 19.8 Å². The van der Waals surface area contributed by atoms with Gasteiger partial charge in [-0.15, -0.1) is 0 Å². The first kappa shape index (κ1) is 14.0. The number of rotatable bonds is 5. The summed E-state index contributed by atoms with van der Waals surface area (Å²) in [6, 6.07) is 8.26. The van der Waals surface area contributed by atoms with Gasteiger partial charge in [-0.3, -0.25) is 0 Å². The van der Waals surface area contributed by atoms with Crippen LogP contribution in [0, 0.1) is 0 Å². The standard InChI is InChI=1S/C16H21NO2/c1-15(2,11-19-3)13-7-4-5-8-14(13)16(17-12-18)9-6-10-16/h4-5,7-8H,6,9-11H2,1-3H3. The van der Waals surface area contributed by atoms with E-state index in [0.717, 1.165) is 24.8 Å². The maximum absolute atomic E-state index is 10.8. The fourth-order valence-electron chi connectivity index (χ4n) is 2.96. The van der Waals surface area contributed by atoms with Crippen LogP contribution in [0.1, 0.15) is 44.2 Å². The smallest absolute Gasteiger partial charge is 0.235 e. The average molecular weight is 259 g/mol. The molecule has 1 aliphatic carbocycles. The third-order valence-corrected chi connectivity index (χ3v) is 4.10. The normalized spacial score (nSPS) is 17.4. The Morgan fingerprint density at radius 3 is 2.58 bits per heavy atom. The van der Waals surface area contributed by atoms with Crippen molar-refractivity contribution >= 4 is 6.08 Å². The Labute approximate surface area is 114 Å². The van der Waals surface area contributed by atoms with Crippen LogP contribution in [-0.2, 0) is 20.5 Å². The Bertz CT molecular complexity index is 497. The first-order valence-corrected chi connectivity index (χ1v) is 6.74.